The third-order valence-electron chi connectivity index (χ3n) is 4.80. The SMILES string of the molecule is CCC(C)C(NC(=O)C(CCCCN)NC(=O)C(CCSC)NC(=O)CN)C(=O)O. The summed E-state index contributed by atoms with van der Waals surface area (Å²) in [6.07, 6.45) is 4.38. The Morgan fingerprint density at radius 3 is 2.07 bits per heavy atom. The molecule has 0 saturated carbocycles. The standard InChI is InChI=1S/C19H37N5O5S/c1-4-12(2)16(19(28)29)24-18(27)13(7-5-6-9-20)23-17(26)14(8-10-30-3)22-15(25)11-21/h12-14,16H,4-11,20-21H2,1-3H3,(H,22,25)(H,23,26)(H,24,27)(H,28,29). The molecule has 4 atom stereocenters. The topological polar surface area (TPSA) is 177 Å². The Morgan fingerprint density at radius 2 is 1.57 bits per heavy atom. The number of hydrogen-bond acceptors (Lipinski definition) is 7. The van der Waals surface area contributed by atoms with Crippen LogP contribution in [0.25, 0.3) is 0 Å². The van der Waals surface area contributed by atoms with Crippen LogP contribution >= 0.6 is 11.8 Å². The summed E-state index contributed by atoms with van der Waals surface area (Å²) in [5, 5.41) is 17.2. The number of thioether (sulfide) groups is 1. The molecule has 0 heterocycles. The van der Waals surface area contributed by atoms with Crippen molar-refractivity contribution in [3.05, 3.63) is 0 Å². The van der Waals surface area contributed by atoms with Crippen molar-refractivity contribution >= 4 is 35.5 Å². The van der Waals surface area contributed by atoms with E-state index < -0.39 is 41.8 Å². The van der Waals surface area contributed by atoms with E-state index in [4.69, 9.17) is 11.5 Å². The van der Waals surface area contributed by atoms with Gasteiger partial charge in [-0.05, 0) is 50.2 Å². The van der Waals surface area contributed by atoms with E-state index in [-0.39, 0.29) is 12.5 Å². The maximum absolute atomic E-state index is 12.8. The molecule has 0 bridgehead atoms. The van der Waals surface area contributed by atoms with Gasteiger partial charge >= 0.3 is 5.97 Å². The summed E-state index contributed by atoms with van der Waals surface area (Å²) in [7, 11) is 0. The van der Waals surface area contributed by atoms with Gasteiger partial charge in [-0.25, -0.2) is 4.79 Å². The summed E-state index contributed by atoms with van der Waals surface area (Å²) >= 11 is 1.52. The van der Waals surface area contributed by atoms with E-state index in [2.05, 4.69) is 16.0 Å². The van der Waals surface area contributed by atoms with E-state index in [1.807, 2.05) is 13.2 Å². The summed E-state index contributed by atoms with van der Waals surface area (Å²) in [4.78, 5) is 48.8. The Morgan fingerprint density at radius 1 is 0.967 bits per heavy atom. The van der Waals surface area contributed by atoms with Gasteiger partial charge in [0.05, 0.1) is 6.54 Å². The first kappa shape index (κ1) is 28.1. The lowest BCUT2D eigenvalue weighted by Crippen LogP contribution is -2.57. The molecule has 3 amide bonds. The second-order valence-corrected chi connectivity index (χ2v) is 8.15. The zero-order chi connectivity index (χ0) is 23.1. The number of nitrogens with one attached hydrogen (secondary N) is 3. The number of amides is 3. The van der Waals surface area contributed by atoms with E-state index in [0.29, 0.717) is 44.4 Å². The fourth-order valence-corrected chi connectivity index (χ4v) is 3.20. The van der Waals surface area contributed by atoms with Crippen LogP contribution in [0.15, 0.2) is 0 Å². The molecule has 0 aromatic carbocycles. The molecular formula is C19H37N5O5S. The molecule has 0 radical (unpaired) electrons. The Kier molecular flexibility index (Phi) is 14.9. The van der Waals surface area contributed by atoms with Crippen molar-refractivity contribution in [2.45, 2.75) is 64.1 Å². The van der Waals surface area contributed by atoms with Crippen molar-refractivity contribution in [3.8, 4) is 0 Å². The van der Waals surface area contributed by atoms with Gasteiger partial charge in [-0.2, -0.15) is 11.8 Å². The second kappa shape index (κ2) is 15.9. The number of unbranched alkanes of at least 4 members (excludes halogenated alkanes) is 1. The number of carboxylic acids is 1. The minimum absolute atomic E-state index is 0.251. The molecule has 10 nitrogen and oxygen atoms in total. The molecule has 0 aliphatic rings. The summed E-state index contributed by atoms with van der Waals surface area (Å²) < 4.78 is 0. The van der Waals surface area contributed by atoms with E-state index in [0.717, 1.165) is 0 Å². The number of carbonyl (C=O) groups is 4. The average molecular weight is 448 g/mol. The molecule has 8 N–H and O–H groups in total. The van der Waals surface area contributed by atoms with Crippen LogP contribution in [0.2, 0.25) is 0 Å². The van der Waals surface area contributed by atoms with Gasteiger partial charge in [0.15, 0.2) is 0 Å². The molecule has 0 aliphatic heterocycles. The molecule has 0 fully saturated rings. The predicted molar refractivity (Wildman–Crippen MR) is 118 cm³/mol. The van der Waals surface area contributed by atoms with Gasteiger partial charge in [0, 0.05) is 0 Å². The molecule has 174 valence electrons. The van der Waals surface area contributed by atoms with E-state index in [1.165, 1.54) is 11.8 Å². The highest BCUT2D eigenvalue weighted by Crippen LogP contribution is 2.10. The van der Waals surface area contributed by atoms with Gasteiger partial charge in [0.1, 0.15) is 18.1 Å². The van der Waals surface area contributed by atoms with Crippen LogP contribution in [0.1, 0.15) is 46.0 Å². The van der Waals surface area contributed by atoms with E-state index >= 15 is 0 Å². The van der Waals surface area contributed by atoms with Crippen LogP contribution in [0.4, 0.5) is 0 Å². The number of hydrogen-bond donors (Lipinski definition) is 6. The third-order valence-corrected chi connectivity index (χ3v) is 5.45. The van der Waals surface area contributed by atoms with Crippen LogP contribution in [0.3, 0.4) is 0 Å². The summed E-state index contributed by atoms with van der Waals surface area (Å²) in [6.45, 7) is 3.76. The van der Waals surface area contributed by atoms with Crippen molar-refractivity contribution in [3.63, 3.8) is 0 Å². The average Bonchev–Trinajstić information content (AvgIpc) is 2.72. The molecule has 11 heteroatoms. The normalized spacial score (nSPS) is 14.8. The van der Waals surface area contributed by atoms with Crippen LogP contribution < -0.4 is 27.4 Å². The van der Waals surface area contributed by atoms with Crippen molar-refractivity contribution in [2.75, 3.05) is 25.1 Å². The van der Waals surface area contributed by atoms with Crippen molar-refractivity contribution in [1.82, 2.24) is 16.0 Å². The van der Waals surface area contributed by atoms with Gasteiger partial charge in [-0.1, -0.05) is 20.3 Å². The smallest absolute Gasteiger partial charge is 0.326 e. The second-order valence-electron chi connectivity index (χ2n) is 7.16. The lowest BCUT2D eigenvalue weighted by atomic mass is 9.98. The largest absolute Gasteiger partial charge is 0.480 e. The lowest BCUT2D eigenvalue weighted by Gasteiger charge is -2.26. The lowest BCUT2D eigenvalue weighted by molar-refractivity contribution is -0.143. The van der Waals surface area contributed by atoms with Gasteiger partial charge < -0.3 is 32.5 Å². The summed E-state index contributed by atoms with van der Waals surface area (Å²) in [5.41, 5.74) is 10.8. The Labute approximate surface area is 182 Å². The Hall–Kier alpha value is -1.85. The number of aliphatic carboxylic acids is 1. The fourth-order valence-electron chi connectivity index (χ4n) is 2.73. The van der Waals surface area contributed by atoms with Crippen LogP contribution in [0.5, 0.6) is 0 Å². The molecular weight excluding hydrogens is 410 g/mol. The predicted octanol–water partition coefficient (Wildman–Crippen LogP) is -0.588. The molecule has 4 unspecified atom stereocenters. The van der Waals surface area contributed by atoms with Gasteiger partial charge in [0.25, 0.3) is 0 Å². The molecule has 30 heavy (non-hydrogen) atoms. The maximum Gasteiger partial charge on any atom is 0.326 e. The molecule has 0 spiro atoms. The van der Waals surface area contributed by atoms with Gasteiger partial charge in [-0.3, -0.25) is 14.4 Å². The quantitative estimate of drug-likeness (QED) is 0.170. The molecule has 0 saturated heterocycles. The molecule has 0 aromatic heterocycles. The maximum atomic E-state index is 12.8. The van der Waals surface area contributed by atoms with Crippen molar-refractivity contribution < 1.29 is 24.3 Å². The van der Waals surface area contributed by atoms with E-state index in [9.17, 15) is 24.3 Å². The molecule has 0 aromatic rings. The molecule has 0 rings (SSSR count). The first-order valence-electron chi connectivity index (χ1n) is 10.2. The Bertz CT molecular complexity index is 563. The highest BCUT2D eigenvalue weighted by molar-refractivity contribution is 7.98. The number of rotatable bonds is 16. The van der Waals surface area contributed by atoms with Crippen LogP contribution in [0, 0.1) is 5.92 Å². The van der Waals surface area contributed by atoms with Gasteiger partial charge in [0.2, 0.25) is 17.7 Å². The van der Waals surface area contributed by atoms with Crippen molar-refractivity contribution in [1.29, 1.82) is 0 Å². The van der Waals surface area contributed by atoms with Crippen LogP contribution in [-0.4, -0.2) is 72.0 Å². The van der Waals surface area contributed by atoms with Gasteiger partial charge in [-0.15, -0.1) is 0 Å². The highest BCUT2D eigenvalue weighted by atomic mass is 32.2. The zero-order valence-electron chi connectivity index (χ0n) is 18.1. The minimum atomic E-state index is -1.13. The highest BCUT2D eigenvalue weighted by Gasteiger charge is 2.31. The third kappa shape index (κ3) is 10.8. The monoisotopic (exact) mass is 447 g/mol. The number of nitrogens with two attached hydrogens (primary N) is 2. The zero-order valence-corrected chi connectivity index (χ0v) is 18.9. The first-order chi connectivity index (χ1) is 14.2. The van der Waals surface area contributed by atoms with Crippen molar-refractivity contribution in [2.24, 2.45) is 17.4 Å². The number of carbonyl (C=O) groups excluding carboxylic acids is 3. The summed E-state index contributed by atoms with van der Waals surface area (Å²) in [5.74, 6) is -2.32. The summed E-state index contributed by atoms with van der Waals surface area (Å²) in [6, 6.07) is -2.81. The number of carboxylic acid groups (broad SMARTS) is 1. The first-order valence-corrected chi connectivity index (χ1v) is 11.6. The Balaban J connectivity index is 5.35. The van der Waals surface area contributed by atoms with E-state index in [1.54, 1.807) is 6.92 Å². The minimum Gasteiger partial charge on any atom is -0.480 e. The fraction of sp³-hybridized carbons (Fsp3) is 0.789. The molecule has 0 aliphatic carbocycles. The van der Waals surface area contributed by atoms with Crippen LogP contribution in [-0.2, 0) is 19.2 Å².